The molecule has 0 aromatic carbocycles. The normalized spacial score (nSPS) is 21.2. The van der Waals surface area contributed by atoms with Crippen molar-refractivity contribution in [3.8, 4) is 0 Å². The summed E-state index contributed by atoms with van der Waals surface area (Å²) in [6, 6.07) is 1.80. The Balaban J connectivity index is 1.31. The summed E-state index contributed by atoms with van der Waals surface area (Å²) in [6.45, 7) is 1.90. The third-order valence-corrected chi connectivity index (χ3v) is 11.2. The summed E-state index contributed by atoms with van der Waals surface area (Å²) in [6.07, 6.45) is 4.49. The lowest BCUT2D eigenvalue weighted by Crippen LogP contribution is -2.39. The van der Waals surface area contributed by atoms with E-state index in [1.807, 2.05) is 24.6 Å². The highest BCUT2D eigenvalue weighted by Crippen LogP contribution is 2.47. The summed E-state index contributed by atoms with van der Waals surface area (Å²) in [5.41, 5.74) is 1.58. The Labute approximate surface area is 223 Å². The number of anilines is 2. The number of carbonyl (C=O) groups excluding carboxylic acids is 1. The van der Waals surface area contributed by atoms with E-state index in [1.54, 1.807) is 11.0 Å². The van der Waals surface area contributed by atoms with E-state index < -0.39 is 34.5 Å². The molecule has 1 atom stereocenters. The number of aryl methyl sites for hydroxylation is 3. The van der Waals surface area contributed by atoms with Gasteiger partial charge < -0.3 is 5.32 Å². The number of hydrogen-bond acceptors (Lipinski definition) is 8. The fourth-order valence-electron chi connectivity index (χ4n) is 5.76. The molecule has 204 valence electrons. The Hall–Kier alpha value is -2.67. The van der Waals surface area contributed by atoms with Crippen LogP contribution in [0.25, 0.3) is 0 Å². The van der Waals surface area contributed by atoms with Crippen molar-refractivity contribution in [3.05, 3.63) is 33.4 Å². The quantitative estimate of drug-likeness (QED) is 0.415. The van der Waals surface area contributed by atoms with Crippen molar-refractivity contribution in [3.63, 3.8) is 0 Å². The zero-order valence-corrected chi connectivity index (χ0v) is 22.9. The standard InChI is InChI=1S/C25H30F2N6O3S2/c1-14-7-22(32(2)31-14)29-24-30-28-13-33(24)17-5-6-20-18(8-17)23(21(37-20)9-19(34)16-3-4-16)38(35,36)12-15-10-25(26,27)11-15/h7,13,15-17H,3-6,8-12H2,1-2H3,(H,29,30)/t17-/m0/s1. The van der Waals surface area contributed by atoms with Crippen LogP contribution in [0.4, 0.5) is 20.5 Å². The number of Topliss-reactive ketones (excluding diaryl/α,β-unsaturated/α-hetero) is 1. The third kappa shape index (κ3) is 4.90. The lowest BCUT2D eigenvalue weighted by molar-refractivity contribution is -0.119. The van der Waals surface area contributed by atoms with Crippen molar-refractivity contribution in [2.24, 2.45) is 18.9 Å². The number of carbonyl (C=O) groups is 1. The molecular weight excluding hydrogens is 534 g/mol. The molecule has 1 N–H and O–H groups in total. The molecule has 0 unspecified atom stereocenters. The van der Waals surface area contributed by atoms with Crippen LogP contribution in [-0.4, -0.2) is 50.4 Å². The van der Waals surface area contributed by atoms with E-state index in [2.05, 4.69) is 20.6 Å². The number of nitrogens with zero attached hydrogens (tertiary/aromatic N) is 5. The molecule has 3 aromatic rings. The van der Waals surface area contributed by atoms with E-state index in [1.165, 1.54) is 11.3 Å². The van der Waals surface area contributed by atoms with Gasteiger partial charge in [-0.05, 0) is 50.5 Å². The largest absolute Gasteiger partial charge is 0.309 e. The van der Waals surface area contributed by atoms with Gasteiger partial charge in [0.05, 0.1) is 16.3 Å². The average Bonchev–Trinajstić information content (AvgIpc) is 3.34. The smallest absolute Gasteiger partial charge is 0.248 e. The minimum absolute atomic E-state index is 0.0176. The molecule has 38 heavy (non-hydrogen) atoms. The Kier molecular flexibility index (Phi) is 6.21. The molecule has 3 aromatic heterocycles. The number of sulfone groups is 1. The highest BCUT2D eigenvalue weighted by molar-refractivity contribution is 7.91. The Bertz CT molecular complexity index is 1500. The Morgan fingerprint density at radius 2 is 2.03 bits per heavy atom. The van der Waals surface area contributed by atoms with Gasteiger partial charge in [-0.3, -0.25) is 14.0 Å². The van der Waals surface area contributed by atoms with Crippen LogP contribution in [-0.2, 0) is 40.9 Å². The zero-order chi connectivity index (χ0) is 26.8. The molecule has 3 aliphatic carbocycles. The molecule has 0 saturated heterocycles. The predicted octanol–water partition coefficient (Wildman–Crippen LogP) is 4.20. The molecule has 0 bridgehead atoms. The van der Waals surface area contributed by atoms with Gasteiger partial charge in [0.25, 0.3) is 0 Å². The van der Waals surface area contributed by atoms with Crippen molar-refractivity contribution in [2.75, 3.05) is 11.1 Å². The van der Waals surface area contributed by atoms with Crippen LogP contribution in [0.2, 0.25) is 0 Å². The third-order valence-electron chi connectivity index (χ3n) is 7.77. The van der Waals surface area contributed by atoms with Crippen LogP contribution in [0, 0.1) is 18.8 Å². The number of rotatable bonds is 9. The maximum absolute atomic E-state index is 13.7. The van der Waals surface area contributed by atoms with Crippen LogP contribution in [0.3, 0.4) is 0 Å². The maximum atomic E-state index is 13.7. The molecule has 6 rings (SSSR count). The monoisotopic (exact) mass is 564 g/mol. The van der Waals surface area contributed by atoms with Gasteiger partial charge in [0, 0.05) is 54.1 Å². The van der Waals surface area contributed by atoms with Gasteiger partial charge in [-0.15, -0.1) is 21.5 Å². The van der Waals surface area contributed by atoms with Crippen molar-refractivity contribution >= 4 is 38.7 Å². The average molecular weight is 565 g/mol. The van der Waals surface area contributed by atoms with Crippen LogP contribution in [0.1, 0.15) is 59.2 Å². The minimum atomic E-state index is -3.85. The molecule has 9 nitrogen and oxygen atoms in total. The molecule has 3 heterocycles. The second kappa shape index (κ2) is 9.22. The van der Waals surface area contributed by atoms with E-state index >= 15 is 0 Å². The first kappa shape index (κ1) is 25.6. The van der Waals surface area contributed by atoms with Gasteiger partial charge >= 0.3 is 0 Å². The lowest BCUT2D eigenvalue weighted by Gasteiger charge is -2.34. The van der Waals surface area contributed by atoms with Crippen LogP contribution in [0.5, 0.6) is 0 Å². The first-order valence-electron chi connectivity index (χ1n) is 12.9. The summed E-state index contributed by atoms with van der Waals surface area (Å²) in [7, 11) is -2.02. The summed E-state index contributed by atoms with van der Waals surface area (Å²) >= 11 is 1.41. The number of alkyl halides is 2. The second-order valence-electron chi connectivity index (χ2n) is 11.0. The molecule has 0 radical (unpaired) electrons. The van der Waals surface area contributed by atoms with E-state index in [4.69, 9.17) is 0 Å². The van der Waals surface area contributed by atoms with Crippen LogP contribution >= 0.6 is 11.3 Å². The molecule has 13 heteroatoms. The first-order valence-corrected chi connectivity index (χ1v) is 15.4. The van der Waals surface area contributed by atoms with Crippen molar-refractivity contribution < 1.29 is 22.0 Å². The van der Waals surface area contributed by atoms with Crippen molar-refractivity contribution in [1.29, 1.82) is 0 Å². The van der Waals surface area contributed by atoms with Crippen LogP contribution < -0.4 is 5.32 Å². The molecule has 0 spiro atoms. The molecule has 2 saturated carbocycles. The predicted molar refractivity (Wildman–Crippen MR) is 138 cm³/mol. The second-order valence-corrected chi connectivity index (χ2v) is 14.1. The van der Waals surface area contributed by atoms with E-state index in [9.17, 15) is 22.0 Å². The van der Waals surface area contributed by atoms with Gasteiger partial charge in [0.15, 0.2) is 9.84 Å². The minimum Gasteiger partial charge on any atom is -0.309 e. The number of nitrogens with one attached hydrogen (secondary N) is 1. The first-order chi connectivity index (χ1) is 18.0. The number of hydrogen-bond donors (Lipinski definition) is 1. The number of thiophene rings is 1. The summed E-state index contributed by atoms with van der Waals surface area (Å²) in [4.78, 5) is 14.5. The van der Waals surface area contributed by atoms with Crippen molar-refractivity contribution in [1.82, 2.24) is 24.5 Å². The molecule has 2 fully saturated rings. The summed E-state index contributed by atoms with van der Waals surface area (Å²) < 4.78 is 58.0. The fourth-order valence-corrected chi connectivity index (χ4v) is 9.61. The molecular formula is C25H30F2N6O3S2. The van der Waals surface area contributed by atoms with E-state index in [0.29, 0.717) is 23.7 Å². The SMILES string of the molecule is Cc1cc(Nc2nncn2[C@H]2CCc3sc(CC(=O)C4CC4)c(S(=O)(=O)CC4CC(F)(F)C4)c3C2)n(C)n1. The topological polar surface area (TPSA) is 112 Å². The molecule has 3 aliphatic rings. The highest BCUT2D eigenvalue weighted by atomic mass is 32.2. The van der Waals surface area contributed by atoms with E-state index in [0.717, 1.165) is 41.2 Å². The number of ketones is 1. The number of fused-ring (bicyclic) bond motifs is 1. The van der Waals surface area contributed by atoms with Crippen LogP contribution in [0.15, 0.2) is 17.3 Å². The van der Waals surface area contributed by atoms with E-state index in [-0.39, 0.29) is 34.8 Å². The maximum Gasteiger partial charge on any atom is 0.248 e. The highest BCUT2D eigenvalue weighted by Gasteiger charge is 2.48. The van der Waals surface area contributed by atoms with Crippen molar-refractivity contribution in [2.45, 2.75) is 75.2 Å². The van der Waals surface area contributed by atoms with Gasteiger partial charge in [0.2, 0.25) is 11.9 Å². The number of aromatic nitrogens is 5. The molecule has 0 amide bonds. The lowest BCUT2D eigenvalue weighted by atomic mass is 9.83. The molecule has 0 aliphatic heterocycles. The van der Waals surface area contributed by atoms with Gasteiger partial charge in [0.1, 0.15) is 17.9 Å². The van der Waals surface area contributed by atoms with Gasteiger partial charge in [-0.1, -0.05) is 0 Å². The number of halogens is 2. The van der Waals surface area contributed by atoms with Gasteiger partial charge in [-0.2, -0.15) is 5.10 Å². The Morgan fingerprint density at radius 1 is 1.26 bits per heavy atom. The summed E-state index contributed by atoms with van der Waals surface area (Å²) in [5.74, 6) is -2.28. The van der Waals surface area contributed by atoms with Gasteiger partial charge in [-0.25, -0.2) is 17.2 Å². The summed E-state index contributed by atoms with van der Waals surface area (Å²) in [5, 5.41) is 15.9. The Morgan fingerprint density at radius 3 is 2.68 bits per heavy atom. The zero-order valence-electron chi connectivity index (χ0n) is 21.3. The fraction of sp³-hybridized carbons (Fsp3) is 0.600.